The van der Waals surface area contributed by atoms with Crippen molar-refractivity contribution in [3.63, 3.8) is 0 Å². The van der Waals surface area contributed by atoms with Gasteiger partial charge in [-0.1, -0.05) is 65.5 Å². The topological polar surface area (TPSA) is 54.0 Å². The van der Waals surface area contributed by atoms with Gasteiger partial charge in [0.1, 0.15) is 6.10 Å². The molecule has 0 saturated heterocycles. The zero-order chi connectivity index (χ0) is 30.9. The fourth-order valence-electron chi connectivity index (χ4n) is 10.4. The molecule has 0 radical (unpaired) electrons. The second kappa shape index (κ2) is 13.1. The molecule has 3 saturated carbocycles. The number of benzene rings is 1. The lowest BCUT2D eigenvalue weighted by molar-refractivity contribution is -0.150. The van der Waals surface area contributed by atoms with Gasteiger partial charge in [-0.15, -0.1) is 0 Å². The highest BCUT2D eigenvalue weighted by Gasteiger charge is 2.59. The Labute approximate surface area is 261 Å². The molecule has 0 N–H and O–H groups in total. The monoisotopic (exact) mass is 594 g/mol. The molecule has 0 aliphatic heterocycles. The molecule has 1 aromatic carbocycles. The smallest absolute Gasteiger partial charge is 0.310 e. The number of esters is 1. The van der Waals surface area contributed by atoms with E-state index in [1.54, 1.807) is 26.9 Å². The van der Waals surface area contributed by atoms with Crippen molar-refractivity contribution in [1.82, 2.24) is 0 Å². The molecular formula is C38H58O5. The standard InChI is InChI=1S/C38H58O5/c1-24(2)10-9-11-25(3)30-14-15-31-29-13-12-27-23-28(16-18-37(27,4)32(29)17-19-38(30,31)5)43-35(39)22-26-20-33(40-6)36(42-8)34(21-26)41-7/h12,20-21,24-25,28-32H,9-11,13-19,22-23H2,1-8H3/t25-,28+,29+,30-,31-,32-,37+,38-/m1/s1. The molecule has 8 atom stereocenters. The lowest BCUT2D eigenvalue weighted by Crippen LogP contribution is -2.51. The third-order valence-corrected chi connectivity index (χ3v) is 12.6. The summed E-state index contributed by atoms with van der Waals surface area (Å²) in [5.41, 5.74) is 3.13. The van der Waals surface area contributed by atoms with Crippen LogP contribution in [0, 0.1) is 46.3 Å². The van der Waals surface area contributed by atoms with Gasteiger partial charge in [-0.25, -0.2) is 0 Å². The van der Waals surface area contributed by atoms with E-state index in [-0.39, 0.29) is 23.9 Å². The molecule has 5 rings (SSSR count). The molecule has 1 aromatic rings. The molecule has 0 amide bonds. The Kier molecular flexibility index (Phi) is 9.78. The Balaban J connectivity index is 1.22. The van der Waals surface area contributed by atoms with Crippen LogP contribution in [0.5, 0.6) is 17.2 Å². The Bertz CT molecular complexity index is 1150. The van der Waals surface area contributed by atoms with Gasteiger partial charge in [-0.05, 0) is 109 Å². The van der Waals surface area contributed by atoms with Crippen molar-refractivity contribution >= 4 is 5.97 Å². The minimum atomic E-state index is -0.190. The van der Waals surface area contributed by atoms with Gasteiger partial charge in [0.05, 0.1) is 27.8 Å². The largest absolute Gasteiger partial charge is 0.493 e. The molecule has 5 heteroatoms. The van der Waals surface area contributed by atoms with Crippen molar-refractivity contribution in [2.45, 2.75) is 118 Å². The van der Waals surface area contributed by atoms with E-state index < -0.39 is 0 Å². The number of carbonyl (C=O) groups is 1. The van der Waals surface area contributed by atoms with Crippen LogP contribution < -0.4 is 14.2 Å². The van der Waals surface area contributed by atoms with Crippen molar-refractivity contribution in [2.24, 2.45) is 46.3 Å². The zero-order valence-electron chi connectivity index (χ0n) is 28.3. The fourth-order valence-corrected chi connectivity index (χ4v) is 10.4. The summed E-state index contributed by atoms with van der Waals surface area (Å²) in [5.74, 6) is 6.47. The van der Waals surface area contributed by atoms with Crippen LogP contribution in [0.1, 0.15) is 111 Å². The first-order chi connectivity index (χ1) is 20.5. The highest BCUT2D eigenvalue weighted by Crippen LogP contribution is 2.67. The lowest BCUT2D eigenvalue weighted by atomic mass is 9.47. The molecular weight excluding hydrogens is 536 g/mol. The van der Waals surface area contributed by atoms with Gasteiger partial charge in [-0.3, -0.25) is 4.79 Å². The summed E-state index contributed by atoms with van der Waals surface area (Å²) in [5, 5.41) is 0. The molecule has 4 aliphatic carbocycles. The van der Waals surface area contributed by atoms with Gasteiger partial charge in [0.15, 0.2) is 11.5 Å². The third kappa shape index (κ3) is 6.21. The maximum Gasteiger partial charge on any atom is 0.310 e. The molecule has 3 fully saturated rings. The van der Waals surface area contributed by atoms with E-state index in [1.807, 2.05) is 12.1 Å². The SMILES string of the molecule is COc1cc(CC(=O)O[C@H]2CC[C@@]3(C)C(=CC[C@H]4[C@H]5CC[C@H]([C@H](C)CCCC(C)C)[C@@]5(C)CC[C@H]43)C2)cc(OC)c1OC. The van der Waals surface area contributed by atoms with Gasteiger partial charge >= 0.3 is 5.97 Å². The second-order valence-corrected chi connectivity index (χ2v) is 15.4. The summed E-state index contributed by atoms with van der Waals surface area (Å²) < 4.78 is 22.5. The molecule has 43 heavy (non-hydrogen) atoms. The van der Waals surface area contributed by atoms with Crippen LogP contribution >= 0.6 is 0 Å². The molecule has 0 heterocycles. The van der Waals surface area contributed by atoms with Gasteiger partial charge in [0, 0.05) is 6.42 Å². The van der Waals surface area contributed by atoms with Gasteiger partial charge < -0.3 is 18.9 Å². The van der Waals surface area contributed by atoms with Crippen LogP contribution in [0.25, 0.3) is 0 Å². The normalized spacial score (nSPS) is 34.0. The van der Waals surface area contributed by atoms with Gasteiger partial charge in [0.2, 0.25) is 5.75 Å². The number of methoxy groups -OCH3 is 3. The predicted molar refractivity (Wildman–Crippen MR) is 173 cm³/mol. The molecule has 0 spiro atoms. The summed E-state index contributed by atoms with van der Waals surface area (Å²) in [6.45, 7) is 12.5. The first-order valence-corrected chi connectivity index (χ1v) is 17.2. The molecule has 0 bridgehead atoms. The summed E-state index contributed by atoms with van der Waals surface area (Å²) in [6, 6.07) is 3.67. The summed E-state index contributed by atoms with van der Waals surface area (Å²) in [4.78, 5) is 13.1. The van der Waals surface area contributed by atoms with Crippen LogP contribution in [-0.2, 0) is 16.0 Å². The highest BCUT2D eigenvalue weighted by molar-refractivity contribution is 5.74. The van der Waals surface area contributed by atoms with Crippen molar-refractivity contribution in [2.75, 3.05) is 21.3 Å². The number of hydrogen-bond acceptors (Lipinski definition) is 5. The third-order valence-electron chi connectivity index (χ3n) is 12.6. The molecule has 0 unspecified atom stereocenters. The highest BCUT2D eigenvalue weighted by atomic mass is 16.5. The van der Waals surface area contributed by atoms with Crippen molar-refractivity contribution in [3.05, 3.63) is 29.3 Å². The maximum atomic E-state index is 13.1. The zero-order valence-corrected chi connectivity index (χ0v) is 28.3. The molecule has 4 aliphatic rings. The molecule has 240 valence electrons. The van der Waals surface area contributed by atoms with E-state index in [1.165, 1.54) is 51.4 Å². The van der Waals surface area contributed by atoms with Crippen molar-refractivity contribution < 1.29 is 23.7 Å². The number of carbonyl (C=O) groups excluding carboxylic acids is 1. The number of allylic oxidation sites excluding steroid dienone is 1. The molecule has 0 aromatic heterocycles. The average molecular weight is 595 g/mol. The van der Waals surface area contributed by atoms with E-state index in [9.17, 15) is 4.79 Å². The maximum absolute atomic E-state index is 13.1. The minimum Gasteiger partial charge on any atom is -0.493 e. The van der Waals surface area contributed by atoms with E-state index in [0.717, 1.165) is 60.3 Å². The summed E-state index contributed by atoms with van der Waals surface area (Å²) in [6.07, 6.45) is 16.7. The number of ether oxygens (including phenoxy) is 4. The number of fused-ring (bicyclic) bond motifs is 5. The van der Waals surface area contributed by atoms with E-state index >= 15 is 0 Å². The first kappa shape index (κ1) is 32.2. The Morgan fingerprint density at radius 1 is 0.907 bits per heavy atom. The second-order valence-electron chi connectivity index (χ2n) is 15.4. The predicted octanol–water partition coefficient (Wildman–Crippen LogP) is 9.21. The van der Waals surface area contributed by atoms with Crippen LogP contribution in [0.15, 0.2) is 23.8 Å². The quantitative estimate of drug-likeness (QED) is 0.189. The minimum absolute atomic E-state index is 0.0400. The summed E-state index contributed by atoms with van der Waals surface area (Å²) in [7, 11) is 4.77. The van der Waals surface area contributed by atoms with Gasteiger partial charge in [-0.2, -0.15) is 0 Å². The Hall–Kier alpha value is -2.17. The average Bonchev–Trinajstić information content (AvgIpc) is 3.33. The fraction of sp³-hybridized carbons (Fsp3) is 0.763. The van der Waals surface area contributed by atoms with Gasteiger partial charge in [0.25, 0.3) is 0 Å². The van der Waals surface area contributed by atoms with E-state index in [0.29, 0.717) is 22.7 Å². The first-order valence-electron chi connectivity index (χ1n) is 17.2. The Morgan fingerprint density at radius 2 is 1.63 bits per heavy atom. The van der Waals surface area contributed by atoms with Crippen LogP contribution in [0.2, 0.25) is 0 Å². The molecule has 5 nitrogen and oxygen atoms in total. The van der Waals surface area contributed by atoms with E-state index in [2.05, 4.69) is 40.7 Å². The van der Waals surface area contributed by atoms with Crippen LogP contribution in [-0.4, -0.2) is 33.4 Å². The van der Waals surface area contributed by atoms with Crippen LogP contribution in [0.4, 0.5) is 0 Å². The van der Waals surface area contributed by atoms with Crippen molar-refractivity contribution in [1.29, 1.82) is 0 Å². The van der Waals surface area contributed by atoms with Crippen LogP contribution in [0.3, 0.4) is 0 Å². The Morgan fingerprint density at radius 3 is 2.28 bits per heavy atom. The lowest BCUT2D eigenvalue weighted by Gasteiger charge is -2.58. The number of rotatable bonds is 11. The van der Waals surface area contributed by atoms with Crippen molar-refractivity contribution in [3.8, 4) is 17.2 Å². The summed E-state index contributed by atoms with van der Waals surface area (Å²) >= 11 is 0. The number of hydrogen-bond donors (Lipinski definition) is 0. The van der Waals surface area contributed by atoms with E-state index in [4.69, 9.17) is 18.9 Å².